The molecule has 0 bridgehead atoms. The minimum Gasteiger partial charge on any atom is -0.347 e. The van der Waals surface area contributed by atoms with Gasteiger partial charge in [-0.05, 0) is 38.9 Å². The summed E-state index contributed by atoms with van der Waals surface area (Å²) in [5.74, 6) is 0.743. The minimum atomic E-state index is 0.183. The first kappa shape index (κ1) is 10.5. The summed E-state index contributed by atoms with van der Waals surface area (Å²) in [5.41, 5.74) is 1.55. The zero-order valence-corrected chi connectivity index (χ0v) is 12.0. The van der Waals surface area contributed by atoms with Gasteiger partial charge in [-0.25, -0.2) is 4.98 Å². The number of halogens is 1. The Kier molecular flexibility index (Phi) is 2.78. The molecule has 1 aromatic rings. The highest BCUT2D eigenvalue weighted by molar-refractivity contribution is 6.31. The van der Waals surface area contributed by atoms with Gasteiger partial charge < -0.3 is 15.1 Å². The monoisotopic (exact) mass is 280 g/mol. The lowest BCUT2D eigenvalue weighted by molar-refractivity contribution is 0.447. The molecule has 4 nitrogen and oxygen atoms in total. The van der Waals surface area contributed by atoms with Gasteiger partial charge in [0, 0.05) is 25.4 Å². The second-order valence-electron chi connectivity index (χ2n) is 5.03. The number of anilines is 2. The maximum Gasteiger partial charge on any atom is 0.157 e. The van der Waals surface area contributed by atoms with Crippen molar-refractivity contribution in [2.75, 3.05) is 29.9 Å². The Hall–Kier alpha value is -1.26. The first-order valence-corrected chi connectivity index (χ1v) is 6.96. The molecule has 0 unspecified atom stereocenters. The fraction of sp³-hybridized carbons (Fsp3) is 0.500. The lowest BCUT2D eigenvalue weighted by Gasteiger charge is -2.38. The van der Waals surface area contributed by atoms with Crippen molar-refractivity contribution < 1.29 is 2.74 Å². The van der Waals surface area contributed by atoms with Crippen molar-refractivity contribution in [3.8, 4) is 0 Å². The maximum absolute atomic E-state index is 8.34. The van der Waals surface area contributed by atoms with Gasteiger partial charge in [0.2, 0.25) is 0 Å². The number of piperidine rings is 1. The predicted molar refractivity (Wildman–Crippen MR) is 79.9 cm³/mol. The summed E-state index contributed by atoms with van der Waals surface area (Å²) in [4.78, 5) is 8.18. The molecule has 1 aromatic heterocycles. The van der Waals surface area contributed by atoms with Crippen LogP contribution >= 0.6 is 11.6 Å². The third-order valence-corrected chi connectivity index (χ3v) is 4.10. The van der Waals surface area contributed by atoms with Gasteiger partial charge in [0.05, 0.1) is 19.1 Å². The van der Waals surface area contributed by atoms with Crippen molar-refractivity contribution in [3.05, 3.63) is 29.1 Å². The molecule has 2 aliphatic heterocycles. The van der Waals surface area contributed by atoms with Crippen molar-refractivity contribution in [2.45, 2.75) is 25.8 Å². The molecule has 1 N–H and O–H groups in total. The third-order valence-electron chi connectivity index (χ3n) is 3.71. The number of fused-ring (bicyclic) bond motifs is 1. The van der Waals surface area contributed by atoms with E-state index in [1.54, 1.807) is 11.9 Å². The molecule has 0 radical (unpaired) electrons. The van der Waals surface area contributed by atoms with Gasteiger partial charge in [-0.1, -0.05) is 11.6 Å². The Morgan fingerprint density at radius 1 is 1.42 bits per heavy atom. The van der Waals surface area contributed by atoms with Crippen LogP contribution in [-0.4, -0.2) is 31.2 Å². The van der Waals surface area contributed by atoms with Crippen molar-refractivity contribution >= 4 is 23.1 Å². The SMILES string of the molecule is [2H]C1=C([2H])N(C2CCNCC2)c2nc(C)c(Cl)cc2N1C. The Labute approximate surface area is 121 Å². The third kappa shape index (κ3) is 2.30. The summed E-state index contributed by atoms with van der Waals surface area (Å²) in [6.07, 6.45) is 2.29. The van der Waals surface area contributed by atoms with Crippen LogP contribution in [0.15, 0.2) is 18.4 Å². The lowest BCUT2D eigenvalue weighted by Crippen LogP contribution is -2.42. The number of nitrogens with zero attached hydrogens (tertiary/aromatic N) is 3. The molecule has 1 saturated heterocycles. The van der Waals surface area contributed by atoms with Crippen LogP contribution in [0.25, 0.3) is 0 Å². The molecule has 0 spiro atoms. The van der Waals surface area contributed by atoms with E-state index in [9.17, 15) is 0 Å². The largest absolute Gasteiger partial charge is 0.347 e. The summed E-state index contributed by atoms with van der Waals surface area (Å²) < 4.78 is 16.5. The molecule has 0 saturated carbocycles. The molecule has 0 atom stereocenters. The van der Waals surface area contributed by atoms with E-state index in [1.807, 2.05) is 17.9 Å². The predicted octanol–water partition coefficient (Wildman–Crippen LogP) is 2.52. The minimum absolute atomic E-state index is 0.183. The Bertz CT molecular complexity index is 599. The summed E-state index contributed by atoms with van der Waals surface area (Å²) in [7, 11) is 1.78. The molecule has 0 amide bonds. The van der Waals surface area contributed by atoms with E-state index >= 15 is 0 Å². The van der Waals surface area contributed by atoms with E-state index in [0.29, 0.717) is 5.02 Å². The van der Waals surface area contributed by atoms with E-state index in [-0.39, 0.29) is 18.4 Å². The maximum atomic E-state index is 8.34. The highest BCUT2D eigenvalue weighted by Crippen LogP contribution is 2.36. The van der Waals surface area contributed by atoms with Crippen LogP contribution in [0, 0.1) is 6.92 Å². The summed E-state index contributed by atoms with van der Waals surface area (Å²) >= 11 is 6.19. The fourth-order valence-corrected chi connectivity index (χ4v) is 2.70. The van der Waals surface area contributed by atoms with Crippen LogP contribution in [-0.2, 0) is 0 Å². The van der Waals surface area contributed by atoms with Crippen LogP contribution < -0.4 is 15.1 Å². The van der Waals surface area contributed by atoms with Crippen molar-refractivity contribution in [2.24, 2.45) is 0 Å². The van der Waals surface area contributed by atoms with Gasteiger partial charge in [-0.15, -0.1) is 0 Å². The molecular formula is C14H19ClN4. The molecule has 0 aliphatic carbocycles. The molecule has 0 aromatic carbocycles. The highest BCUT2D eigenvalue weighted by atomic mass is 35.5. The number of aromatic nitrogens is 1. The van der Waals surface area contributed by atoms with Crippen molar-refractivity contribution in [1.82, 2.24) is 10.3 Å². The quantitative estimate of drug-likeness (QED) is 0.857. The average Bonchev–Trinajstić information content (AvgIpc) is 2.49. The molecule has 1 fully saturated rings. The van der Waals surface area contributed by atoms with Crippen LogP contribution in [0.3, 0.4) is 0 Å². The van der Waals surface area contributed by atoms with Crippen LogP contribution in [0.5, 0.6) is 0 Å². The first-order chi connectivity index (χ1) is 10.0. The van der Waals surface area contributed by atoms with E-state index in [4.69, 9.17) is 14.3 Å². The Morgan fingerprint density at radius 3 is 2.89 bits per heavy atom. The smallest absolute Gasteiger partial charge is 0.157 e. The van der Waals surface area contributed by atoms with Gasteiger partial charge in [0.1, 0.15) is 0 Å². The van der Waals surface area contributed by atoms with Crippen LogP contribution in [0.4, 0.5) is 11.5 Å². The number of hydrogen-bond donors (Lipinski definition) is 1. The highest BCUT2D eigenvalue weighted by Gasteiger charge is 2.26. The molecule has 19 heavy (non-hydrogen) atoms. The molecule has 2 aliphatic rings. The summed E-state index contributed by atoms with van der Waals surface area (Å²) in [5, 5.41) is 3.92. The van der Waals surface area contributed by atoms with Crippen molar-refractivity contribution in [3.63, 3.8) is 0 Å². The number of nitrogens with one attached hydrogen (secondary N) is 1. The molecule has 3 rings (SSSR count). The number of hydrogen-bond acceptors (Lipinski definition) is 4. The van der Waals surface area contributed by atoms with Crippen LogP contribution in [0.1, 0.15) is 21.3 Å². The van der Waals surface area contributed by atoms with Gasteiger partial charge in [-0.2, -0.15) is 0 Å². The number of rotatable bonds is 1. The van der Waals surface area contributed by atoms with E-state index < -0.39 is 0 Å². The summed E-state index contributed by atoms with van der Waals surface area (Å²) in [6, 6.07) is 2.05. The normalized spacial score (nSPS) is 22.3. The van der Waals surface area contributed by atoms with Gasteiger partial charge >= 0.3 is 0 Å². The Morgan fingerprint density at radius 2 is 2.16 bits per heavy atom. The van der Waals surface area contributed by atoms with E-state index in [2.05, 4.69) is 10.3 Å². The van der Waals surface area contributed by atoms with Crippen molar-refractivity contribution in [1.29, 1.82) is 0 Å². The zero-order chi connectivity index (χ0) is 15.1. The first-order valence-electron chi connectivity index (χ1n) is 7.59. The molecular weight excluding hydrogens is 260 g/mol. The summed E-state index contributed by atoms with van der Waals surface area (Å²) in [6.45, 7) is 3.73. The topological polar surface area (TPSA) is 31.4 Å². The van der Waals surface area contributed by atoms with Gasteiger partial charge in [0.25, 0.3) is 0 Å². The van der Waals surface area contributed by atoms with Crippen LogP contribution in [0.2, 0.25) is 5.02 Å². The van der Waals surface area contributed by atoms with Gasteiger partial charge in [-0.3, -0.25) is 0 Å². The average molecular weight is 281 g/mol. The second-order valence-corrected chi connectivity index (χ2v) is 5.44. The lowest BCUT2D eigenvalue weighted by atomic mass is 10.0. The number of pyridine rings is 1. The van der Waals surface area contributed by atoms with E-state index in [1.165, 1.54) is 0 Å². The Balaban J connectivity index is 2.11. The fourth-order valence-electron chi connectivity index (χ4n) is 2.55. The molecule has 5 heteroatoms. The molecule has 102 valence electrons. The standard InChI is InChI=1S/C14H19ClN4/c1-10-12(15)9-13-14(17-10)19(8-7-18(13)2)11-3-5-16-6-4-11/h7-9,11,16H,3-6H2,1-2H3/i7D,8D. The second kappa shape index (κ2) is 5.02. The molecule has 3 heterocycles. The van der Waals surface area contributed by atoms with Gasteiger partial charge in [0.15, 0.2) is 5.82 Å². The zero-order valence-electron chi connectivity index (χ0n) is 13.2. The number of aryl methyl sites for hydroxylation is 1. The van der Waals surface area contributed by atoms with E-state index in [0.717, 1.165) is 43.1 Å².